The molecule has 0 radical (unpaired) electrons. The summed E-state index contributed by atoms with van der Waals surface area (Å²) < 4.78 is 0. The molecule has 0 heterocycles. The van der Waals surface area contributed by atoms with Crippen molar-refractivity contribution in [2.75, 3.05) is 0 Å². The van der Waals surface area contributed by atoms with Crippen LogP contribution in [0.25, 0.3) is 11.1 Å². The summed E-state index contributed by atoms with van der Waals surface area (Å²) in [6.07, 6.45) is 11.9. The van der Waals surface area contributed by atoms with Crippen molar-refractivity contribution >= 4 is 5.91 Å². The highest BCUT2D eigenvalue weighted by molar-refractivity contribution is 5.94. The maximum atomic E-state index is 12.6. The molecule has 0 aromatic heterocycles. The first-order chi connectivity index (χ1) is 12.7. The molecule has 2 heteroatoms. The molecule has 26 heavy (non-hydrogen) atoms. The summed E-state index contributed by atoms with van der Waals surface area (Å²) in [4.78, 5) is 12.6. The van der Waals surface area contributed by atoms with Gasteiger partial charge in [-0.1, -0.05) is 61.7 Å². The molecule has 1 spiro atoms. The fourth-order valence-electron chi connectivity index (χ4n) is 4.89. The fourth-order valence-corrected chi connectivity index (χ4v) is 4.89. The molecule has 4 rings (SSSR count). The average molecular weight is 348 g/mol. The number of rotatable bonds is 3. The normalized spacial score (nSPS) is 20.0. The molecule has 2 aromatic rings. The minimum absolute atomic E-state index is 0.0780. The second-order valence-electron chi connectivity index (χ2n) is 8.25. The molecule has 0 atom stereocenters. The van der Waals surface area contributed by atoms with Crippen molar-refractivity contribution in [3.8, 4) is 11.1 Å². The van der Waals surface area contributed by atoms with Gasteiger partial charge in [0, 0.05) is 11.6 Å². The predicted octanol–water partition coefficient (Wildman–Crippen LogP) is 5.98. The number of hydrogen-bond donors (Lipinski definition) is 1. The Bertz CT molecular complexity index is 719. The smallest absolute Gasteiger partial charge is 0.251 e. The van der Waals surface area contributed by atoms with Crippen LogP contribution in [0.15, 0.2) is 54.6 Å². The number of amides is 1. The first-order valence-corrected chi connectivity index (χ1v) is 10.2. The Balaban J connectivity index is 1.34. The highest BCUT2D eigenvalue weighted by Crippen LogP contribution is 2.47. The first kappa shape index (κ1) is 17.3. The van der Waals surface area contributed by atoms with E-state index in [0.717, 1.165) is 24.0 Å². The number of benzene rings is 2. The van der Waals surface area contributed by atoms with Gasteiger partial charge in [0.05, 0.1) is 0 Å². The molecule has 136 valence electrons. The van der Waals surface area contributed by atoms with Gasteiger partial charge in [0.2, 0.25) is 0 Å². The predicted molar refractivity (Wildman–Crippen MR) is 107 cm³/mol. The Morgan fingerprint density at radius 3 is 2.04 bits per heavy atom. The lowest BCUT2D eigenvalue weighted by Crippen LogP contribution is -2.41. The van der Waals surface area contributed by atoms with E-state index in [1.165, 1.54) is 50.5 Å². The van der Waals surface area contributed by atoms with Crippen molar-refractivity contribution in [2.24, 2.45) is 5.41 Å². The number of carbonyl (C=O) groups excluding carboxylic acids is 1. The van der Waals surface area contributed by atoms with E-state index in [9.17, 15) is 4.79 Å². The standard InChI is InChI=1S/C24H29NO/c26-23(21-11-9-20(10-12-21)19-7-3-1-4-8-19)25-22-13-17-24(18-14-22)15-5-2-6-16-24/h1,3-4,7-12,22H,2,5-6,13-18H2,(H,25,26). The molecular formula is C24H29NO. The van der Waals surface area contributed by atoms with Gasteiger partial charge in [-0.15, -0.1) is 0 Å². The van der Waals surface area contributed by atoms with E-state index in [-0.39, 0.29) is 5.91 Å². The Hall–Kier alpha value is -2.09. The van der Waals surface area contributed by atoms with Crippen LogP contribution < -0.4 is 5.32 Å². The molecule has 2 saturated carbocycles. The topological polar surface area (TPSA) is 29.1 Å². The third-order valence-electron chi connectivity index (χ3n) is 6.55. The van der Waals surface area contributed by atoms with Crippen LogP contribution in [0.4, 0.5) is 0 Å². The van der Waals surface area contributed by atoms with E-state index in [0.29, 0.717) is 11.5 Å². The average Bonchev–Trinajstić information content (AvgIpc) is 2.71. The highest BCUT2D eigenvalue weighted by Gasteiger charge is 2.36. The zero-order valence-corrected chi connectivity index (χ0v) is 15.5. The van der Waals surface area contributed by atoms with E-state index in [4.69, 9.17) is 0 Å². The maximum Gasteiger partial charge on any atom is 0.251 e. The van der Waals surface area contributed by atoms with Crippen LogP contribution in [0.5, 0.6) is 0 Å². The first-order valence-electron chi connectivity index (χ1n) is 10.2. The van der Waals surface area contributed by atoms with Gasteiger partial charge in [-0.3, -0.25) is 4.79 Å². The van der Waals surface area contributed by atoms with Crippen molar-refractivity contribution in [3.05, 3.63) is 60.2 Å². The Labute approximate surface area is 157 Å². The summed E-state index contributed by atoms with van der Waals surface area (Å²) in [5.41, 5.74) is 3.71. The summed E-state index contributed by atoms with van der Waals surface area (Å²) in [5, 5.41) is 3.28. The molecule has 0 unspecified atom stereocenters. The molecule has 2 fully saturated rings. The van der Waals surface area contributed by atoms with Gasteiger partial charge in [0.15, 0.2) is 0 Å². The van der Waals surface area contributed by atoms with Gasteiger partial charge in [-0.2, -0.15) is 0 Å². The van der Waals surface area contributed by atoms with E-state index >= 15 is 0 Å². The van der Waals surface area contributed by atoms with Gasteiger partial charge in [0.25, 0.3) is 5.91 Å². The van der Waals surface area contributed by atoms with Crippen LogP contribution in [0.1, 0.15) is 68.1 Å². The van der Waals surface area contributed by atoms with Crippen molar-refractivity contribution in [3.63, 3.8) is 0 Å². The van der Waals surface area contributed by atoms with Gasteiger partial charge in [-0.25, -0.2) is 0 Å². The van der Waals surface area contributed by atoms with Crippen LogP contribution in [0.3, 0.4) is 0 Å². The molecule has 0 saturated heterocycles. The molecule has 2 aliphatic rings. The van der Waals surface area contributed by atoms with E-state index < -0.39 is 0 Å². The summed E-state index contributed by atoms with van der Waals surface area (Å²) in [6.45, 7) is 0. The zero-order chi connectivity index (χ0) is 17.8. The quantitative estimate of drug-likeness (QED) is 0.727. The molecular weight excluding hydrogens is 318 g/mol. The van der Waals surface area contributed by atoms with Crippen LogP contribution in [0.2, 0.25) is 0 Å². The maximum absolute atomic E-state index is 12.6. The highest BCUT2D eigenvalue weighted by atomic mass is 16.1. The van der Waals surface area contributed by atoms with Gasteiger partial charge in [-0.05, 0) is 67.2 Å². The molecule has 2 aliphatic carbocycles. The van der Waals surface area contributed by atoms with Gasteiger partial charge >= 0.3 is 0 Å². The second-order valence-corrected chi connectivity index (χ2v) is 8.25. The largest absolute Gasteiger partial charge is 0.349 e. The minimum Gasteiger partial charge on any atom is -0.349 e. The summed E-state index contributed by atoms with van der Waals surface area (Å²) in [5.74, 6) is 0.0780. The van der Waals surface area contributed by atoms with Gasteiger partial charge in [0.1, 0.15) is 0 Å². The second kappa shape index (κ2) is 7.65. The van der Waals surface area contributed by atoms with Crippen LogP contribution in [-0.2, 0) is 0 Å². The molecule has 0 bridgehead atoms. The van der Waals surface area contributed by atoms with E-state index in [2.05, 4.69) is 17.4 Å². The number of nitrogens with one attached hydrogen (secondary N) is 1. The molecule has 2 nitrogen and oxygen atoms in total. The monoisotopic (exact) mass is 347 g/mol. The van der Waals surface area contributed by atoms with E-state index in [1.807, 2.05) is 42.5 Å². The summed E-state index contributed by atoms with van der Waals surface area (Å²) in [6, 6.07) is 18.6. The van der Waals surface area contributed by atoms with Crippen LogP contribution in [0, 0.1) is 5.41 Å². The fraction of sp³-hybridized carbons (Fsp3) is 0.458. The van der Waals surface area contributed by atoms with Crippen LogP contribution in [-0.4, -0.2) is 11.9 Å². The Kier molecular flexibility index (Phi) is 5.10. The number of carbonyl (C=O) groups is 1. The zero-order valence-electron chi connectivity index (χ0n) is 15.5. The summed E-state index contributed by atoms with van der Waals surface area (Å²) in [7, 11) is 0. The lowest BCUT2D eigenvalue weighted by molar-refractivity contribution is 0.0836. The van der Waals surface area contributed by atoms with Crippen molar-refractivity contribution in [1.29, 1.82) is 0 Å². The summed E-state index contributed by atoms with van der Waals surface area (Å²) >= 11 is 0. The van der Waals surface area contributed by atoms with Crippen LogP contribution >= 0.6 is 0 Å². The molecule has 2 aromatic carbocycles. The van der Waals surface area contributed by atoms with Crippen molar-refractivity contribution < 1.29 is 4.79 Å². The third kappa shape index (κ3) is 3.85. The lowest BCUT2D eigenvalue weighted by Gasteiger charge is -2.43. The minimum atomic E-state index is 0.0780. The molecule has 0 aliphatic heterocycles. The molecule has 1 amide bonds. The van der Waals surface area contributed by atoms with Crippen molar-refractivity contribution in [2.45, 2.75) is 63.8 Å². The molecule has 1 N–H and O–H groups in total. The Morgan fingerprint density at radius 2 is 1.38 bits per heavy atom. The van der Waals surface area contributed by atoms with Crippen molar-refractivity contribution in [1.82, 2.24) is 5.32 Å². The third-order valence-corrected chi connectivity index (χ3v) is 6.55. The van der Waals surface area contributed by atoms with Gasteiger partial charge < -0.3 is 5.32 Å². The lowest BCUT2D eigenvalue weighted by atomic mass is 9.64. The number of hydrogen-bond acceptors (Lipinski definition) is 1. The Morgan fingerprint density at radius 1 is 0.769 bits per heavy atom. The van der Waals surface area contributed by atoms with E-state index in [1.54, 1.807) is 0 Å². The SMILES string of the molecule is O=C(NC1CCC2(CCCCC2)CC1)c1ccc(-c2ccccc2)cc1.